The van der Waals surface area contributed by atoms with Gasteiger partial charge in [-0.2, -0.15) is 18.3 Å². The molecule has 0 bridgehead atoms. The quantitative estimate of drug-likeness (QED) is 0.217. The number of likely N-dealkylation sites (tertiary alicyclic amines) is 1. The third kappa shape index (κ3) is 5.66. The predicted octanol–water partition coefficient (Wildman–Crippen LogP) is 0.634. The van der Waals surface area contributed by atoms with Crippen LogP contribution in [0.15, 0.2) is 36.5 Å². The number of rotatable bonds is 9. The van der Waals surface area contributed by atoms with E-state index in [1.54, 1.807) is 6.07 Å². The van der Waals surface area contributed by atoms with Gasteiger partial charge < -0.3 is 22.1 Å². The molecular formula is C22H28F3N7O4. The number of hydrogen-bond acceptors (Lipinski definition) is 7. The van der Waals surface area contributed by atoms with Crippen LogP contribution in [0.2, 0.25) is 0 Å². The average Bonchev–Trinajstić information content (AvgIpc) is 3.49. The molecule has 0 aliphatic carbocycles. The molecule has 1 aromatic carbocycles. The number of primary amides is 1. The average molecular weight is 512 g/mol. The third-order valence-corrected chi connectivity index (χ3v) is 6.00. The van der Waals surface area contributed by atoms with Crippen LogP contribution in [0, 0.1) is 0 Å². The number of amides is 3. The second-order valence-electron chi connectivity index (χ2n) is 8.49. The zero-order valence-corrected chi connectivity index (χ0v) is 19.3. The Morgan fingerprint density at radius 1 is 1.19 bits per heavy atom. The Balaban J connectivity index is 1.88. The summed E-state index contributed by atoms with van der Waals surface area (Å²) < 4.78 is 42.6. The summed E-state index contributed by atoms with van der Waals surface area (Å²) in [5.41, 5.74) is 14.6. The van der Waals surface area contributed by atoms with Crippen molar-refractivity contribution >= 4 is 17.7 Å². The summed E-state index contributed by atoms with van der Waals surface area (Å²) in [7, 11) is 0. The Hall–Kier alpha value is -3.49. The first-order chi connectivity index (χ1) is 17.0. The minimum atomic E-state index is -4.96. The molecule has 0 unspecified atom stereocenters. The molecule has 11 nitrogen and oxygen atoms in total. The standard InChI is InChI=1S/C22H28F3N7O4/c23-22(24,25)18-15(11-29-31(18)13-6-2-1-3-7-13)20(34)30-12-14(10-17(30)19(28)33)32(36)21(35)16(27)8-4-5-9-26/h1-3,6-7,11,14,16-17,36H,4-5,8-10,12,26-27H2,(H2,28,33)/t14-,16-,17-/m0/s1. The molecule has 7 N–H and O–H groups in total. The highest BCUT2D eigenvalue weighted by molar-refractivity contribution is 5.99. The molecule has 14 heteroatoms. The Labute approximate surface area is 204 Å². The van der Waals surface area contributed by atoms with Crippen LogP contribution in [0.3, 0.4) is 0 Å². The van der Waals surface area contributed by atoms with Gasteiger partial charge in [0.25, 0.3) is 11.8 Å². The third-order valence-electron chi connectivity index (χ3n) is 6.00. The van der Waals surface area contributed by atoms with Crippen LogP contribution < -0.4 is 17.2 Å². The normalized spacial score (nSPS) is 18.8. The first-order valence-electron chi connectivity index (χ1n) is 11.3. The van der Waals surface area contributed by atoms with Crippen molar-refractivity contribution in [1.29, 1.82) is 0 Å². The second kappa shape index (κ2) is 11.1. The predicted molar refractivity (Wildman–Crippen MR) is 121 cm³/mol. The van der Waals surface area contributed by atoms with Crippen LogP contribution >= 0.6 is 0 Å². The molecule has 2 heterocycles. The van der Waals surface area contributed by atoms with E-state index in [1.807, 2.05) is 0 Å². The van der Waals surface area contributed by atoms with Gasteiger partial charge in [-0.05, 0) is 31.5 Å². The summed E-state index contributed by atoms with van der Waals surface area (Å²) in [6.45, 7) is -0.0253. The molecule has 0 saturated carbocycles. The molecular weight excluding hydrogens is 483 g/mol. The molecule has 2 aromatic rings. The van der Waals surface area contributed by atoms with E-state index in [4.69, 9.17) is 17.2 Å². The van der Waals surface area contributed by atoms with E-state index in [1.165, 1.54) is 24.3 Å². The summed E-state index contributed by atoms with van der Waals surface area (Å²) in [6, 6.07) is 3.90. The maximum absolute atomic E-state index is 14.0. The molecule has 0 spiro atoms. The van der Waals surface area contributed by atoms with Crippen molar-refractivity contribution < 1.29 is 32.8 Å². The van der Waals surface area contributed by atoms with Gasteiger partial charge in [0.2, 0.25) is 5.91 Å². The molecule has 1 fully saturated rings. The smallest absolute Gasteiger partial charge is 0.368 e. The fraction of sp³-hybridized carbons (Fsp3) is 0.455. The lowest BCUT2D eigenvalue weighted by atomic mass is 10.1. The van der Waals surface area contributed by atoms with Gasteiger partial charge in [0, 0.05) is 13.0 Å². The molecule has 1 aliphatic rings. The van der Waals surface area contributed by atoms with Gasteiger partial charge in [0.05, 0.1) is 29.5 Å². The van der Waals surface area contributed by atoms with E-state index in [-0.39, 0.29) is 18.5 Å². The van der Waals surface area contributed by atoms with Gasteiger partial charge in [-0.1, -0.05) is 24.6 Å². The van der Waals surface area contributed by atoms with E-state index in [9.17, 15) is 32.8 Å². The number of hydrogen-bond donors (Lipinski definition) is 4. The zero-order chi connectivity index (χ0) is 26.6. The van der Waals surface area contributed by atoms with Crippen LogP contribution in [0.1, 0.15) is 41.7 Å². The highest BCUT2D eigenvalue weighted by Gasteiger charge is 2.47. The van der Waals surface area contributed by atoms with Crippen molar-refractivity contribution in [2.24, 2.45) is 17.2 Å². The zero-order valence-electron chi connectivity index (χ0n) is 19.3. The summed E-state index contributed by atoms with van der Waals surface area (Å²) in [4.78, 5) is 38.7. The van der Waals surface area contributed by atoms with Crippen molar-refractivity contribution in [2.75, 3.05) is 13.1 Å². The first-order valence-corrected chi connectivity index (χ1v) is 11.3. The van der Waals surface area contributed by atoms with E-state index in [0.717, 1.165) is 11.1 Å². The molecule has 0 radical (unpaired) electrons. The van der Waals surface area contributed by atoms with Crippen molar-refractivity contribution in [3.05, 3.63) is 47.8 Å². The summed E-state index contributed by atoms with van der Waals surface area (Å²) in [5.74, 6) is -3.01. The number of unbranched alkanes of at least 4 members (excludes halogenated alkanes) is 1. The number of hydroxylamine groups is 2. The monoisotopic (exact) mass is 511 g/mol. The number of aromatic nitrogens is 2. The van der Waals surface area contributed by atoms with E-state index < -0.39 is 59.8 Å². The topological polar surface area (TPSA) is 174 Å². The summed E-state index contributed by atoms with van der Waals surface area (Å²) in [5, 5.41) is 14.5. The van der Waals surface area contributed by atoms with Gasteiger partial charge in [0.1, 0.15) is 6.04 Å². The SMILES string of the molecule is NCCCC[C@H](N)C(=O)N(O)[C@H]1C[C@@H](C(N)=O)N(C(=O)c2cnn(-c3ccccc3)c2C(F)(F)F)C1. The lowest BCUT2D eigenvalue weighted by Crippen LogP contribution is -2.48. The fourth-order valence-electron chi connectivity index (χ4n) is 4.16. The maximum Gasteiger partial charge on any atom is 0.434 e. The van der Waals surface area contributed by atoms with Gasteiger partial charge in [-0.25, -0.2) is 9.75 Å². The molecule has 196 valence electrons. The number of halogens is 3. The number of carbonyl (C=O) groups is 3. The number of nitrogens with zero attached hydrogens (tertiary/aromatic N) is 4. The second-order valence-corrected chi connectivity index (χ2v) is 8.49. The van der Waals surface area contributed by atoms with Crippen LogP contribution in [-0.4, -0.2) is 73.9 Å². The Kier molecular flexibility index (Phi) is 8.32. The molecule has 1 aromatic heterocycles. The summed E-state index contributed by atoms with van der Waals surface area (Å²) >= 11 is 0. The Morgan fingerprint density at radius 2 is 1.86 bits per heavy atom. The molecule has 3 rings (SSSR count). The van der Waals surface area contributed by atoms with Gasteiger partial charge in [-0.15, -0.1) is 0 Å². The molecule has 1 saturated heterocycles. The number of nitrogens with two attached hydrogens (primary N) is 3. The molecule has 3 amide bonds. The van der Waals surface area contributed by atoms with Crippen LogP contribution in [-0.2, 0) is 15.8 Å². The molecule has 1 aliphatic heterocycles. The number of alkyl halides is 3. The minimum absolute atomic E-state index is 0.0744. The number of para-hydroxylation sites is 1. The number of benzene rings is 1. The van der Waals surface area contributed by atoms with E-state index >= 15 is 0 Å². The van der Waals surface area contributed by atoms with Crippen LogP contribution in [0.25, 0.3) is 5.69 Å². The lowest BCUT2D eigenvalue weighted by Gasteiger charge is -2.25. The van der Waals surface area contributed by atoms with Gasteiger partial charge in [-0.3, -0.25) is 19.6 Å². The fourth-order valence-corrected chi connectivity index (χ4v) is 4.16. The largest absolute Gasteiger partial charge is 0.434 e. The van der Waals surface area contributed by atoms with Crippen LogP contribution in [0.5, 0.6) is 0 Å². The van der Waals surface area contributed by atoms with Crippen LogP contribution in [0.4, 0.5) is 13.2 Å². The van der Waals surface area contributed by atoms with E-state index in [0.29, 0.717) is 29.1 Å². The molecule has 36 heavy (non-hydrogen) atoms. The highest BCUT2D eigenvalue weighted by atomic mass is 19.4. The molecule has 3 atom stereocenters. The highest BCUT2D eigenvalue weighted by Crippen LogP contribution is 2.35. The maximum atomic E-state index is 14.0. The minimum Gasteiger partial charge on any atom is -0.368 e. The summed E-state index contributed by atoms with van der Waals surface area (Å²) in [6.07, 6.45) is -3.06. The lowest BCUT2D eigenvalue weighted by molar-refractivity contribution is -0.176. The van der Waals surface area contributed by atoms with Gasteiger partial charge >= 0.3 is 6.18 Å². The Morgan fingerprint density at radius 3 is 2.44 bits per heavy atom. The van der Waals surface area contributed by atoms with E-state index in [2.05, 4.69) is 5.10 Å². The van der Waals surface area contributed by atoms with Crippen molar-refractivity contribution in [3.63, 3.8) is 0 Å². The van der Waals surface area contributed by atoms with Crippen molar-refractivity contribution in [3.8, 4) is 5.69 Å². The first kappa shape index (κ1) is 27.1. The van der Waals surface area contributed by atoms with Crippen molar-refractivity contribution in [2.45, 2.75) is 50.0 Å². The Bertz CT molecular complexity index is 1090. The number of carbonyl (C=O) groups excluding carboxylic acids is 3. The van der Waals surface area contributed by atoms with Gasteiger partial charge in [0.15, 0.2) is 5.69 Å². The van der Waals surface area contributed by atoms with Crippen molar-refractivity contribution in [1.82, 2.24) is 19.7 Å².